The van der Waals surface area contributed by atoms with Gasteiger partial charge in [-0.05, 0) is 47.4 Å². The number of halogens is 1. The number of nitrogens with zero attached hydrogens (tertiary/aromatic N) is 3. The number of rotatable bonds is 8. The molecule has 0 saturated carbocycles. The maximum atomic E-state index is 12.3. The van der Waals surface area contributed by atoms with Gasteiger partial charge in [-0.2, -0.15) is 4.31 Å². The summed E-state index contributed by atoms with van der Waals surface area (Å²) in [6, 6.07) is 3.89. The highest BCUT2D eigenvalue weighted by Crippen LogP contribution is 2.22. The van der Waals surface area contributed by atoms with Crippen molar-refractivity contribution in [1.82, 2.24) is 14.1 Å². The zero-order chi connectivity index (χ0) is 18.6. The fourth-order valence-electron chi connectivity index (χ4n) is 3.74. The lowest BCUT2D eigenvalue weighted by Crippen LogP contribution is -2.43. The molecule has 0 N–H and O–H groups in total. The first-order valence-electron chi connectivity index (χ1n) is 9.15. The van der Waals surface area contributed by atoms with Crippen molar-refractivity contribution in [1.29, 1.82) is 0 Å². The summed E-state index contributed by atoms with van der Waals surface area (Å²) in [6.07, 6.45) is 3.05. The number of likely N-dealkylation sites (tertiary alicyclic amines) is 1. The molecular weight excluding hydrogens is 422 g/mol. The maximum Gasteiger partial charge on any atom is 0.211 e. The maximum absolute atomic E-state index is 12.3. The molecule has 0 aromatic carbocycles. The van der Waals surface area contributed by atoms with Gasteiger partial charge < -0.3 is 9.15 Å². The van der Waals surface area contributed by atoms with E-state index in [1.54, 1.807) is 4.31 Å². The Kier molecular flexibility index (Phi) is 7.15. The number of hydrogen-bond donors (Lipinski definition) is 0. The monoisotopic (exact) mass is 449 g/mol. The minimum absolute atomic E-state index is 0.0492. The lowest BCUT2D eigenvalue weighted by Gasteiger charge is -2.30. The van der Waals surface area contributed by atoms with Gasteiger partial charge in [0.2, 0.25) is 10.0 Å². The van der Waals surface area contributed by atoms with Crippen LogP contribution in [0.3, 0.4) is 0 Å². The summed E-state index contributed by atoms with van der Waals surface area (Å²) in [7, 11) is -3.21. The van der Waals surface area contributed by atoms with Crippen molar-refractivity contribution in [2.75, 3.05) is 58.7 Å². The molecule has 1 unspecified atom stereocenters. The van der Waals surface area contributed by atoms with Gasteiger partial charge >= 0.3 is 0 Å². The summed E-state index contributed by atoms with van der Waals surface area (Å²) in [5.74, 6) is 0.899. The van der Waals surface area contributed by atoms with E-state index in [9.17, 15) is 8.42 Å². The van der Waals surface area contributed by atoms with E-state index in [4.69, 9.17) is 9.15 Å². The first kappa shape index (κ1) is 20.3. The van der Waals surface area contributed by atoms with Gasteiger partial charge in [-0.25, -0.2) is 8.42 Å². The Hall–Kier alpha value is -0.450. The number of hydrogen-bond acceptors (Lipinski definition) is 6. The molecule has 0 amide bonds. The number of ether oxygens (including phenoxy) is 1. The van der Waals surface area contributed by atoms with Crippen molar-refractivity contribution in [3.8, 4) is 0 Å². The SMILES string of the molecule is CS(=O)(=O)N(CCCN1CCOCC1)C1CCN(Cc2ccc(Br)o2)C1. The Labute approximate surface area is 164 Å². The molecule has 1 aromatic rings. The van der Waals surface area contributed by atoms with Crippen LogP contribution in [0.1, 0.15) is 18.6 Å². The second-order valence-corrected chi connectivity index (χ2v) is 9.78. The second-order valence-electron chi connectivity index (χ2n) is 7.06. The zero-order valence-corrected chi connectivity index (χ0v) is 17.7. The van der Waals surface area contributed by atoms with Gasteiger partial charge in [-0.15, -0.1) is 0 Å². The minimum Gasteiger partial charge on any atom is -0.453 e. The fraction of sp³-hybridized carbons (Fsp3) is 0.765. The van der Waals surface area contributed by atoms with Crippen LogP contribution >= 0.6 is 15.9 Å². The van der Waals surface area contributed by atoms with Gasteiger partial charge in [0, 0.05) is 38.8 Å². The fourth-order valence-corrected chi connectivity index (χ4v) is 5.26. The lowest BCUT2D eigenvalue weighted by molar-refractivity contribution is 0.0366. The van der Waals surface area contributed by atoms with Crippen LogP contribution in [0, 0.1) is 0 Å². The van der Waals surface area contributed by atoms with Crippen LogP contribution in [-0.2, 0) is 21.3 Å². The Morgan fingerprint density at radius 2 is 2.00 bits per heavy atom. The van der Waals surface area contributed by atoms with E-state index >= 15 is 0 Å². The smallest absolute Gasteiger partial charge is 0.211 e. The molecule has 1 aromatic heterocycles. The third-order valence-electron chi connectivity index (χ3n) is 5.05. The third kappa shape index (κ3) is 5.77. The number of furan rings is 1. The highest BCUT2D eigenvalue weighted by Gasteiger charge is 2.32. The van der Waals surface area contributed by atoms with E-state index in [0.717, 1.165) is 69.2 Å². The van der Waals surface area contributed by atoms with Crippen molar-refractivity contribution < 1.29 is 17.6 Å². The van der Waals surface area contributed by atoms with Gasteiger partial charge in [0.25, 0.3) is 0 Å². The second kappa shape index (κ2) is 9.16. The summed E-state index contributed by atoms with van der Waals surface area (Å²) < 4.78 is 38.0. The highest BCUT2D eigenvalue weighted by atomic mass is 79.9. The van der Waals surface area contributed by atoms with Gasteiger partial charge in [0.1, 0.15) is 5.76 Å². The quantitative estimate of drug-likeness (QED) is 0.600. The molecule has 1 atom stereocenters. The Morgan fingerprint density at radius 1 is 1.23 bits per heavy atom. The highest BCUT2D eigenvalue weighted by molar-refractivity contribution is 9.10. The first-order chi connectivity index (χ1) is 12.4. The van der Waals surface area contributed by atoms with Crippen molar-refractivity contribution in [3.05, 3.63) is 22.6 Å². The predicted molar refractivity (Wildman–Crippen MR) is 104 cm³/mol. The molecule has 148 valence electrons. The van der Waals surface area contributed by atoms with Crippen LogP contribution in [0.4, 0.5) is 0 Å². The van der Waals surface area contributed by atoms with Crippen LogP contribution in [-0.4, -0.2) is 87.3 Å². The average molecular weight is 450 g/mol. The molecule has 3 heterocycles. The molecule has 2 aliphatic heterocycles. The van der Waals surface area contributed by atoms with E-state index < -0.39 is 10.0 Å². The van der Waals surface area contributed by atoms with E-state index in [2.05, 4.69) is 25.7 Å². The first-order valence-corrected chi connectivity index (χ1v) is 11.8. The van der Waals surface area contributed by atoms with Crippen LogP contribution in [0.2, 0.25) is 0 Å². The summed E-state index contributed by atoms with van der Waals surface area (Å²) in [6.45, 7) is 7.29. The Balaban J connectivity index is 1.51. The lowest BCUT2D eigenvalue weighted by atomic mass is 10.2. The van der Waals surface area contributed by atoms with Gasteiger partial charge in [0.05, 0.1) is 26.0 Å². The standard InChI is InChI=1S/C17H28BrN3O4S/c1-26(22,23)21(7-2-6-19-9-11-24-12-10-19)15-5-8-20(13-15)14-16-3-4-17(18)25-16/h3-4,15H,2,5-14H2,1H3. The molecule has 0 spiro atoms. The third-order valence-corrected chi connectivity index (χ3v) is 6.80. The molecule has 2 aliphatic rings. The molecule has 2 saturated heterocycles. The van der Waals surface area contributed by atoms with Crippen molar-refractivity contribution >= 4 is 26.0 Å². The van der Waals surface area contributed by atoms with E-state index in [0.29, 0.717) is 13.1 Å². The Morgan fingerprint density at radius 3 is 2.65 bits per heavy atom. The number of morpholine rings is 1. The zero-order valence-electron chi connectivity index (χ0n) is 15.3. The van der Waals surface area contributed by atoms with Gasteiger partial charge in [-0.3, -0.25) is 9.80 Å². The van der Waals surface area contributed by atoms with Crippen molar-refractivity contribution in [3.63, 3.8) is 0 Å². The molecule has 2 fully saturated rings. The summed E-state index contributed by atoms with van der Waals surface area (Å²) in [5.41, 5.74) is 0. The average Bonchev–Trinajstić information content (AvgIpc) is 3.21. The predicted octanol–water partition coefficient (Wildman–Crippen LogP) is 1.60. The van der Waals surface area contributed by atoms with Gasteiger partial charge in [0.15, 0.2) is 4.67 Å². The van der Waals surface area contributed by atoms with Gasteiger partial charge in [-0.1, -0.05) is 0 Å². The largest absolute Gasteiger partial charge is 0.453 e. The summed E-state index contributed by atoms with van der Waals surface area (Å²) in [4.78, 5) is 4.61. The Bertz CT molecular complexity index is 675. The van der Waals surface area contributed by atoms with Crippen molar-refractivity contribution in [2.45, 2.75) is 25.4 Å². The van der Waals surface area contributed by atoms with Crippen LogP contribution in [0.15, 0.2) is 21.2 Å². The molecule has 7 nitrogen and oxygen atoms in total. The van der Waals surface area contributed by atoms with E-state index in [-0.39, 0.29) is 6.04 Å². The van der Waals surface area contributed by atoms with E-state index in [1.807, 2.05) is 12.1 Å². The number of sulfonamides is 1. The summed E-state index contributed by atoms with van der Waals surface area (Å²) in [5, 5.41) is 0. The van der Waals surface area contributed by atoms with E-state index in [1.165, 1.54) is 6.26 Å². The minimum atomic E-state index is -3.21. The summed E-state index contributed by atoms with van der Waals surface area (Å²) >= 11 is 3.32. The van der Waals surface area contributed by atoms with Crippen molar-refractivity contribution in [2.24, 2.45) is 0 Å². The molecule has 0 bridgehead atoms. The molecular formula is C17H28BrN3O4S. The molecule has 9 heteroatoms. The molecule has 3 rings (SSSR count). The molecule has 26 heavy (non-hydrogen) atoms. The van der Waals surface area contributed by atoms with Crippen LogP contribution < -0.4 is 0 Å². The molecule has 0 aliphatic carbocycles. The van der Waals surface area contributed by atoms with Crippen LogP contribution in [0.25, 0.3) is 0 Å². The normalized spacial score (nSPS) is 23.1. The topological polar surface area (TPSA) is 66.2 Å². The molecule has 0 radical (unpaired) electrons. The van der Waals surface area contributed by atoms with Crippen LogP contribution in [0.5, 0.6) is 0 Å².